The molecule has 1 amide bonds. The summed E-state index contributed by atoms with van der Waals surface area (Å²) in [5, 5.41) is 10.9. The molecule has 0 spiro atoms. The number of aromatic amines is 1. The van der Waals surface area contributed by atoms with E-state index in [0.29, 0.717) is 0 Å². The molecule has 0 bridgehead atoms. The largest absolute Gasteiger partial charge is 0.477 e. The fourth-order valence-electron chi connectivity index (χ4n) is 0.844. The molecule has 1 aromatic rings. The van der Waals surface area contributed by atoms with Gasteiger partial charge < -0.3 is 15.4 Å². The lowest BCUT2D eigenvalue weighted by Gasteiger charge is -1.98. The van der Waals surface area contributed by atoms with Gasteiger partial charge >= 0.3 is 5.97 Å². The van der Waals surface area contributed by atoms with Gasteiger partial charge in [0, 0.05) is 0 Å². The maximum atomic E-state index is 11.2. The van der Waals surface area contributed by atoms with Gasteiger partial charge in [0.25, 0.3) is 5.91 Å². The van der Waals surface area contributed by atoms with Gasteiger partial charge in [0.2, 0.25) is 0 Å². The van der Waals surface area contributed by atoms with Crippen molar-refractivity contribution in [2.75, 3.05) is 6.54 Å². The maximum absolute atomic E-state index is 11.2. The number of carboxylic acid groups (broad SMARTS) is 1. The van der Waals surface area contributed by atoms with E-state index in [0.717, 1.165) is 6.33 Å². The summed E-state index contributed by atoms with van der Waals surface area (Å²) in [6.45, 7) is 0.0325. The van der Waals surface area contributed by atoms with Crippen LogP contribution in [0, 0.1) is 12.3 Å². The van der Waals surface area contributed by atoms with E-state index in [1.54, 1.807) is 0 Å². The van der Waals surface area contributed by atoms with E-state index in [1.807, 2.05) is 0 Å². The molecule has 0 fully saturated rings. The summed E-state index contributed by atoms with van der Waals surface area (Å²) in [5.41, 5.74) is -0.424. The second-order valence-electron chi connectivity index (χ2n) is 2.32. The Morgan fingerprint density at radius 2 is 2.43 bits per heavy atom. The summed E-state index contributed by atoms with van der Waals surface area (Å²) >= 11 is 0. The van der Waals surface area contributed by atoms with Gasteiger partial charge in [-0.2, -0.15) is 0 Å². The topological polar surface area (TPSA) is 95.1 Å². The van der Waals surface area contributed by atoms with Gasteiger partial charge in [0.05, 0.1) is 12.9 Å². The van der Waals surface area contributed by atoms with Gasteiger partial charge in [-0.25, -0.2) is 9.78 Å². The molecule has 0 saturated carbocycles. The minimum absolute atomic E-state index is 0.0325. The van der Waals surface area contributed by atoms with Crippen molar-refractivity contribution >= 4 is 11.9 Å². The SMILES string of the molecule is C#CCNC(=O)c1nc[nH]c1C(=O)O. The van der Waals surface area contributed by atoms with Crippen molar-refractivity contribution in [2.45, 2.75) is 0 Å². The van der Waals surface area contributed by atoms with Crippen LogP contribution >= 0.6 is 0 Å². The molecule has 1 aromatic heterocycles. The second kappa shape index (κ2) is 4.09. The zero-order valence-electron chi connectivity index (χ0n) is 7.07. The highest BCUT2D eigenvalue weighted by molar-refractivity contribution is 6.02. The molecule has 6 heteroatoms. The average molecular weight is 193 g/mol. The highest BCUT2D eigenvalue weighted by atomic mass is 16.4. The van der Waals surface area contributed by atoms with Crippen LogP contribution in [0.5, 0.6) is 0 Å². The molecule has 3 N–H and O–H groups in total. The fourth-order valence-corrected chi connectivity index (χ4v) is 0.844. The van der Waals surface area contributed by atoms with Gasteiger partial charge in [-0.05, 0) is 0 Å². The Morgan fingerprint density at radius 1 is 1.71 bits per heavy atom. The van der Waals surface area contributed by atoms with Gasteiger partial charge in [-0.3, -0.25) is 4.79 Å². The molecule has 0 saturated heterocycles. The summed E-state index contributed by atoms with van der Waals surface area (Å²) in [6, 6.07) is 0. The predicted molar refractivity (Wildman–Crippen MR) is 46.7 cm³/mol. The van der Waals surface area contributed by atoms with Crippen molar-refractivity contribution < 1.29 is 14.7 Å². The molecule has 72 valence electrons. The first-order valence-corrected chi connectivity index (χ1v) is 3.65. The zero-order valence-corrected chi connectivity index (χ0v) is 7.07. The van der Waals surface area contributed by atoms with Crippen LogP contribution in [0.4, 0.5) is 0 Å². The summed E-state index contributed by atoms with van der Waals surface area (Å²) in [4.78, 5) is 27.7. The third-order valence-electron chi connectivity index (χ3n) is 1.42. The number of imidazole rings is 1. The fraction of sp³-hybridized carbons (Fsp3) is 0.125. The number of aromatic nitrogens is 2. The lowest BCUT2D eigenvalue weighted by Crippen LogP contribution is -2.25. The van der Waals surface area contributed by atoms with Gasteiger partial charge in [-0.15, -0.1) is 6.42 Å². The average Bonchev–Trinajstić information content (AvgIpc) is 2.62. The summed E-state index contributed by atoms with van der Waals surface area (Å²) in [7, 11) is 0. The molecule has 1 heterocycles. The minimum atomic E-state index is -1.24. The number of hydrogen-bond donors (Lipinski definition) is 3. The standard InChI is InChI=1S/C8H7N3O3/c1-2-3-9-7(12)5-6(8(13)14)11-4-10-5/h1,4H,3H2,(H,9,12)(H,10,11)(H,13,14). The number of carbonyl (C=O) groups excluding carboxylic acids is 1. The van der Waals surface area contributed by atoms with Crippen LogP contribution in [0.15, 0.2) is 6.33 Å². The normalized spacial score (nSPS) is 9.07. The number of aromatic carboxylic acids is 1. The third kappa shape index (κ3) is 1.90. The van der Waals surface area contributed by atoms with Crippen molar-refractivity contribution in [3.8, 4) is 12.3 Å². The van der Waals surface area contributed by atoms with Gasteiger partial charge in [0.15, 0.2) is 11.4 Å². The van der Waals surface area contributed by atoms with Crippen molar-refractivity contribution in [3.63, 3.8) is 0 Å². The summed E-state index contributed by atoms with van der Waals surface area (Å²) in [5.74, 6) is 0.340. The Balaban J connectivity index is 2.85. The quantitative estimate of drug-likeness (QED) is 0.562. The Bertz CT molecular complexity index is 402. The van der Waals surface area contributed by atoms with Crippen LogP contribution in [-0.4, -0.2) is 33.5 Å². The maximum Gasteiger partial charge on any atom is 0.354 e. The summed E-state index contributed by atoms with van der Waals surface area (Å²) < 4.78 is 0. The Morgan fingerprint density at radius 3 is 3.00 bits per heavy atom. The molecule has 14 heavy (non-hydrogen) atoms. The number of carboxylic acids is 1. The lowest BCUT2D eigenvalue weighted by atomic mass is 10.3. The van der Waals surface area contributed by atoms with E-state index in [2.05, 4.69) is 21.2 Å². The lowest BCUT2D eigenvalue weighted by molar-refractivity contribution is 0.0685. The number of amides is 1. The van der Waals surface area contributed by atoms with Crippen molar-refractivity contribution in [1.29, 1.82) is 0 Å². The molecule has 0 aliphatic carbocycles. The van der Waals surface area contributed by atoms with Crippen molar-refractivity contribution in [1.82, 2.24) is 15.3 Å². The number of carbonyl (C=O) groups is 2. The molecular formula is C8H7N3O3. The number of nitrogens with one attached hydrogen (secondary N) is 2. The van der Waals surface area contributed by atoms with E-state index in [-0.39, 0.29) is 17.9 Å². The molecule has 0 unspecified atom stereocenters. The molecule has 0 atom stereocenters. The van der Waals surface area contributed by atoms with Crippen LogP contribution in [0.25, 0.3) is 0 Å². The summed E-state index contributed by atoms with van der Waals surface area (Å²) in [6.07, 6.45) is 6.05. The Labute approximate surface area is 79.4 Å². The number of nitrogens with zero attached hydrogens (tertiary/aromatic N) is 1. The number of H-pyrrole nitrogens is 1. The van der Waals surface area contributed by atoms with Gasteiger partial charge in [0.1, 0.15) is 0 Å². The number of hydrogen-bond acceptors (Lipinski definition) is 3. The van der Waals surface area contributed by atoms with E-state index < -0.39 is 11.9 Å². The zero-order chi connectivity index (χ0) is 10.6. The van der Waals surface area contributed by atoms with E-state index in [4.69, 9.17) is 11.5 Å². The molecule has 0 aliphatic rings. The molecule has 0 radical (unpaired) electrons. The van der Waals surface area contributed by atoms with E-state index >= 15 is 0 Å². The van der Waals surface area contributed by atoms with Crippen LogP contribution in [-0.2, 0) is 0 Å². The predicted octanol–water partition coefficient (Wildman–Crippen LogP) is -0.529. The molecule has 6 nitrogen and oxygen atoms in total. The van der Waals surface area contributed by atoms with Crippen LogP contribution < -0.4 is 5.32 Å². The molecule has 1 rings (SSSR count). The van der Waals surface area contributed by atoms with Crippen LogP contribution in [0.2, 0.25) is 0 Å². The first kappa shape index (κ1) is 9.80. The van der Waals surface area contributed by atoms with Crippen LogP contribution in [0.3, 0.4) is 0 Å². The number of terminal acetylenes is 1. The van der Waals surface area contributed by atoms with E-state index in [9.17, 15) is 9.59 Å². The first-order chi connectivity index (χ1) is 6.66. The highest BCUT2D eigenvalue weighted by Crippen LogP contribution is 2.01. The second-order valence-corrected chi connectivity index (χ2v) is 2.32. The number of rotatable bonds is 3. The van der Waals surface area contributed by atoms with Gasteiger partial charge in [-0.1, -0.05) is 5.92 Å². The highest BCUT2D eigenvalue weighted by Gasteiger charge is 2.18. The smallest absolute Gasteiger partial charge is 0.354 e. The molecule has 0 aliphatic heterocycles. The third-order valence-corrected chi connectivity index (χ3v) is 1.42. The van der Waals surface area contributed by atoms with E-state index in [1.165, 1.54) is 0 Å². The Kier molecular flexibility index (Phi) is 2.86. The monoisotopic (exact) mass is 193 g/mol. The Hall–Kier alpha value is -2.29. The molecule has 0 aromatic carbocycles. The van der Waals surface area contributed by atoms with Crippen molar-refractivity contribution in [3.05, 3.63) is 17.7 Å². The first-order valence-electron chi connectivity index (χ1n) is 3.65. The van der Waals surface area contributed by atoms with Crippen molar-refractivity contribution in [2.24, 2.45) is 0 Å². The minimum Gasteiger partial charge on any atom is -0.477 e. The molecular weight excluding hydrogens is 186 g/mol. The van der Waals surface area contributed by atoms with Crippen LogP contribution in [0.1, 0.15) is 21.0 Å².